The summed E-state index contributed by atoms with van der Waals surface area (Å²) in [7, 11) is 0. The number of ether oxygens (including phenoxy) is 1. The van der Waals surface area contributed by atoms with Gasteiger partial charge in [-0.05, 0) is 92.7 Å². The van der Waals surface area contributed by atoms with E-state index in [1.807, 2.05) is 24.3 Å². The van der Waals surface area contributed by atoms with Crippen LogP contribution in [-0.4, -0.2) is 11.9 Å². The summed E-state index contributed by atoms with van der Waals surface area (Å²) in [5.41, 5.74) is 3.29. The minimum atomic E-state index is -0.637. The van der Waals surface area contributed by atoms with Gasteiger partial charge in [0.2, 0.25) is 0 Å². The number of hydrogen-bond acceptors (Lipinski definition) is 3. The zero-order chi connectivity index (χ0) is 22.1. The Balaban J connectivity index is 0.000000194. The average molecular weight is 632 g/mol. The number of rotatable bonds is 3. The van der Waals surface area contributed by atoms with E-state index >= 15 is 0 Å². The molecule has 0 bridgehead atoms. The molecule has 0 heterocycles. The predicted molar refractivity (Wildman–Crippen MR) is 140 cm³/mol. The molecule has 0 aliphatic carbocycles. The maximum absolute atomic E-state index is 11.8. The number of hydrogen-bond donors (Lipinski definition) is 0. The van der Waals surface area contributed by atoms with Gasteiger partial charge in [-0.3, -0.25) is 0 Å². The van der Waals surface area contributed by atoms with Gasteiger partial charge in [0.15, 0.2) is 0 Å². The highest BCUT2D eigenvalue weighted by molar-refractivity contribution is 14.1. The molecule has 0 atom stereocenters. The van der Waals surface area contributed by atoms with Crippen molar-refractivity contribution < 1.29 is 14.3 Å². The van der Waals surface area contributed by atoms with E-state index in [1.54, 1.807) is 36.4 Å². The first-order chi connectivity index (χ1) is 15.0. The second-order valence-corrected chi connectivity index (χ2v) is 8.92. The van der Waals surface area contributed by atoms with Gasteiger partial charge < -0.3 is 4.74 Å². The van der Waals surface area contributed by atoms with E-state index in [9.17, 15) is 9.59 Å². The SMILES string of the molecule is O=C(OC(=O)c1cccc(I)c1)c1cccc(I)c1.c1ccc(-c2ccccc2)cc1. The molecule has 0 aliphatic rings. The highest BCUT2D eigenvalue weighted by Crippen LogP contribution is 2.17. The van der Waals surface area contributed by atoms with Crippen molar-refractivity contribution in [2.24, 2.45) is 0 Å². The molecule has 4 aromatic rings. The largest absolute Gasteiger partial charge is 0.386 e. The molecule has 5 heteroatoms. The van der Waals surface area contributed by atoms with Crippen LogP contribution in [0.15, 0.2) is 109 Å². The summed E-state index contributed by atoms with van der Waals surface area (Å²) in [4.78, 5) is 23.6. The Kier molecular flexibility index (Phi) is 8.78. The average Bonchev–Trinajstić information content (AvgIpc) is 2.80. The maximum Gasteiger partial charge on any atom is 0.346 e. The lowest BCUT2D eigenvalue weighted by Crippen LogP contribution is -2.13. The van der Waals surface area contributed by atoms with Crippen molar-refractivity contribution in [3.8, 4) is 11.1 Å². The summed E-state index contributed by atoms with van der Waals surface area (Å²) in [5.74, 6) is -1.27. The molecule has 0 amide bonds. The number of benzene rings is 4. The molecule has 0 saturated heterocycles. The van der Waals surface area contributed by atoms with Crippen LogP contribution in [0.2, 0.25) is 0 Å². The third-order valence-electron chi connectivity index (χ3n) is 4.19. The molecule has 31 heavy (non-hydrogen) atoms. The molecular weight excluding hydrogens is 614 g/mol. The molecule has 0 saturated carbocycles. The van der Waals surface area contributed by atoms with Gasteiger partial charge >= 0.3 is 11.9 Å². The number of carbonyl (C=O) groups is 2. The van der Waals surface area contributed by atoms with Gasteiger partial charge in [0, 0.05) is 7.14 Å². The summed E-state index contributed by atoms with van der Waals surface area (Å²) in [6.45, 7) is 0. The van der Waals surface area contributed by atoms with Crippen molar-refractivity contribution in [3.05, 3.63) is 127 Å². The standard InChI is InChI=1S/C14H8I2O3.C12H10/c15-11-5-1-3-9(7-11)13(17)19-14(18)10-4-2-6-12(16)8-10;1-3-7-11(8-4-1)12-9-5-2-6-10-12/h1-8H;1-10H. The fraction of sp³-hybridized carbons (Fsp3) is 0. The van der Waals surface area contributed by atoms with Gasteiger partial charge in [0.1, 0.15) is 0 Å². The second kappa shape index (κ2) is 11.8. The van der Waals surface area contributed by atoms with E-state index < -0.39 is 11.9 Å². The Hall–Kier alpha value is -2.52. The van der Waals surface area contributed by atoms with Crippen molar-refractivity contribution in [1.82, 2.24) is 0 Å². The Morgan fingerprint density at radius 1 is 0.516 bits per heavy atom. The van der Waals surface area contributed by atoms with Gasteiger partial charge in [-0.15, -0.1) is 0 Å². The van der Waals surface area contributed by atoms with Crippen LogP contribution >= 0.6 is 45.2 Å². The molecule has 0 unspecified atom stereocenters. The molecule has 0 aromatic heterocycles. The van der Waals surface area contributed by atoms with Gasteiger partial charge in [0.25, 0.3) is 0 Å². The van der Waals surface area contributed by atoms with Crippen LogP contribution in [-0.2, 0) is 4.74 Å². The molecule has 4 rings (SSSR count). The number of esters is 2. The van der Waals surface area contributed by atoms with E-state index in [0.717, 1.165) is 7.14 Å². The van der Waals surface area contributed by atoms with Crippen LogP contribution in [0.5, 0.6) is 0 Å². The lowest BCUT2D eigenvalue weighted by molar-refractivity contribution is 0.0397. The van der Waals surface area contributed by atoms with Crippen LogP contribution in [0.1, 0.15) is 20.7 Å². The van der Waals surface area contributed by atoms with E-state index in [-0.39, 0.29) is 0 Å². The van der Waals surface area contributed by atoms with Gasteiger partial charge in [-0.25, -0.2) is 9.59 Å². The van der Waals surface area contributed by atoms with E-state index in [4.69, 9.17) is 4.74 Å². The van der Waals surface area contributed by atoms with Crippen LogP contribution < -0.4 is 0 Å². The predicted octanol–water partition coefficient (Wildman–Crippen LogP) is 7.25. The van der Waals surface area contributed by atoms with Gasteiger partial charge in [-0.2, -0.15) is 0 Å². The van der Waals surface area contributed by atoms with E-state index in [0.29, 0.717) is 11.1 Å². The minimum absolute atomic E-state index is 0.367. The Morgan fingerprint density at radius 2 is 0.903 bits per heavy atom. The zero-order valence-corrected chi connectivity index (χ0v) is 20.7. The summed E-state index contributed by atoms with van der Waals surface area (Å²) in [6.07, 6.45) is 0. The van der Waals surface area contributed by atoms with Crippen molar-refractivity contribution in [2.75, 3.05) is 0 Å². The lowest BCUT2D eigenvalue weighted by atomic mass is 10.1. The zero-order valence-electron chi connectivity index (χ0n) is 16.4. The lowest BCUT2D eigenvalue weighted by Gasteiger charge is -2.04. The van der Waals surface area contributed by atoms with Crippen molar-refractivity contribution >= 4 is 57.1 Å². The molecule has 0 N–H and O–H groups in total. The van der Waals surface area contributed by atoms with E-state index in [2.05, 4.69) is 93.7 Å². The molecule has 3 nitrogen and oxygen atoms in total. The number of carbonyl (C=O) groups excluding carboxylic acids is 2. The first kappa shape index (κ1) is 23.1. The number of halogens is 2. The van der Waals surface area contributed by atoms with E-state index in [1.165, 1.54) is 11.1 Å². The topological polar surface area (TPSA) is 43.4 Å². The first-order valence-electron chi connectivity index (χ1n) is 9.41. The fourth-order valence-electron chi connectivity index (χ4n) is 2.69. The van der Waals surface area contributed by atoms with Crippen LogP contribution in [0, 0.1) is 7.14 Å². The maximum atomic E-state index is 11.8. The van der Waals surface area contributed by atoms with Crippen molar-refractivity contribution in [3.63, 3.8) is 0 Å². The molecule has 0 aliphatic heterocycles. The molecular formula is C26H18I2O3. The summed E-state index contributed by atoms with van der Waals surface area (Å²) in [6, 6.07) is 34.6. The third-order valence-corrected chi connectivity index (χ3v) is 5.53. The van der Waals surface area contributed by atoms with Crippen LogP contribution in [0.4, 0.5) is 0 Å². The smallest absolute Gasteiger partial charge is 0.346 e. The summed E-state index contributed by atoms with van der Waals surface area (Å²) < 4.78 is 6.67. The summed E-state index contributed by atoms with van der Waals surface area (Å²) in [5, 5.41) is 0. The fourth-order valence-corrected chi connectivity index (χ4v) is 3.78. The third kappa shape index (κ3) is 7.29. The highest BCUT2D eigenvalue weighted by atomic mass is 127. The quantitative estimate of drug-likeness (QED) is 0.136. The Labute approximate surface area is 208 Å². The Bertz CT molecular complexity index is 1070. The van der Waals surface area contributed by atoms with Crippen LogP contribution in [0.25, 0.3) is 11.1 Å². The van der Waals surface area contributed by atoms with Crippen molar-refractivity contribution in [2.45, 2.75) is 0 Å². The molecule has 0 fully saturated rings. The van der Waals surface area contributed by atoms with Crippen molar-refractivity contribution in [1.29, 1.82) is 0 Å². The summed E-state index contributed by atoms with van der Waals surface area (Å²) >= 11 is 4.19. The molecule has 154 valence electrons. The second-order valence-electron chi connectivity index (χ2n) is 6.43. The van der Waals surface area contributed by atoms with Gasteiger partial charge in [-0.1, -0.05) is 72.8 Å². The first-order valence-corrected chi connectivity index (χ1v) is 11.6. The molecule has 4 aromatic carbocycles. The molecule has 0 radical (unpaired) electrons. The normalized spacial score (nSPS) is 9.87. The highest BCUT2D eigenvalue weighted by Gasteiger charge is 2.15. The molecule has 0 spiro atoms. The van der Waals surface area contributed by atoms with Crippen LogP contribution in [0.3, 0.4) is 0 Å². The monoisotopic (exact) mass is 632 g/mol. The van der Waals surface area contributed by atoms with Gasteiger partial charge in [0.05, 0.1) is 11.1 Å². The minimum Gasteiger partial charge on any atom is -0.386 e. The Morgan fingerprint density at radius 3 is 1.26 bits per heavy atom.